The Bertz CT molecular complexity index is 1410. The van der Waals surface area contributed by atoms with Gasteiger partial charge in [-0.3, -0.25) is 9.59 Å². The maximum absolute atomic E-state index is 12.9. The van der Waals surface area contributed by atoms with Crippen LogP contribution in [0, 0.1) is 6.92 Å². The fraction of sp³-hybridized carbons (Fsp3) is 0.188. The van der Waals surface area contributed by atoms with Crippen LogP contribution in [0.1, 0.15) is 45.0 Å². The summed E-state index contributed by atoms with van der Waals surface area (Å²) in [7, 11) is 1.64. The lowest BCUT2D eigenvalue weighted by Gasteiger charge is -2.16. The maximum Gasteiger partial charge on any atom is 0.306 e. The van der Waals surface area contributed by atoms with Gasteiger partial charge in [-0.25, -0.2) is 0 Å². The second-order valence-electron chi connectivity index (χ2n) is 9.10. The number of carbonyl (C=O) groups is 2. The van der Waals surface area contributed by atoms with E-state index in [-0.39, 0.29) is 18.3 Å². The van der Waals surface area contributed by atoms with Gasteiger partial charge in [-0.1, -0.05) is 78.5 Å². The molecule has 0 unspecified atom stereocenters. The highest BCUT2D eigenvalue weighted by atomic mass is 32.2. The Kier molecular flexibility index (Phi) is 7.42. The van der Waals surface area contributed by atoms with Crippen LogP contribution in [0.4, 0.5) is 0 Å². The van der Waals surface area contributed by atoms with Gasteiger partial charge in [-0.05, 0) is 64.9 Å². The molecule has 1 aliphatic carbocycles. The average Bonchev–Trinajstić information content (AvgIpc) is 3.25. The van der Waals surface area contributed by atoms with E-state index in [1.54, 1.807) is 18.9 Å². The van der Waals surface area contributed by atoms with Gasteiger partial charge in [-0.2, -0.15) is 0 Å². The van der Waals surface area contributed by atoms with Gasteiger partial charge in [0.25, 0.3) is 0 Å². The largest absolute Gasteiger partial charge is 0.497 e. The Hall–Kier alpha value is -3.83. The Balaban J connectivity index is 1.30. The SMILES string of the molecule is COc1cc(C)c(Sc2ccccc2C=O)c(CCC(=O)OCC2c3ccccc3-c3ccccc32)c1. The molecular weight excluding hydrogens is 480 g/mol. The van der Waals surface area contributed by atoms with Crippen molar-refractivity contribution in [2.45, 2.75) is 35.5 Å². The molecule has 0 radical (unpaired) electrons. The molecule has 0 spiro atoms. The quantitative estimate of drug-likeness (QED) is 0.176. The number of hydrogen-bond donors (Lipinski definition) is 0. The van der Waals surface area contributed by atoms with Crippen LogP contribution in [0.15, 0.2) is 94.7 Å². The van der Waals surface area contributed by atoms with Crippen molar-refractivity contribution in [1.29, 1.82) is 0 Å². The van der Waals surface area contributed by atoms with E-state index in [1.165, 1.54) is 22.3 Å². The van der Waals surface area contributed by atoms with E-state index >= 15 is 0 Å². The van der Waals surface area contributed by atoms with Crippen LogP contribution in [0.25, 0.3) is 11.1 Å². The fourth-order valence-electron chi connectivity index (χ4n) is 4.97. The minimum atomic E-state index is -0.230. The summed E-state index contributed by atoms with van der Waals surface area (Å²) in [5.74, 6) is 0.556. The lowest BCUT2D eigenvalue weighted by atomic mass is 9.98. The summed E-state index contributed by atoms with van der Waals surface area (Å²) in [5, 5.41) is 0. The molecule has 0 fully saturated rings. The summed E-state index contributed by atoms with van der Waals surface area (Å²) in [6, 6.07) is 28.1. The van der Waals surface area contributed by atoms with E-state index in [4.69, 9.17) is 9.47 Å². The van der Waals surface area contributed by atoms with Crippen LogP contribution in [0.2, 0.25) is 0 Å². The molecule has 5 rings (SSSR count). The zero-order valence-corrected chi connectivity index (χ0v) is 21.7. The maximum atomic E-state index is 12.9. The van der Waals surface area contributed by atoms with E-state index in [1.807, 2.05) is 67.6 Å². The Labute approximate surface area is 221 Å². The van der Waals surface area contributed by atoms with Crippen molar-refractivity contribution in [1.82, 2.24) is 0 Å². The molecule has 0 bridgehead atoms. The van der Waals surface area contributed by atoms with E-state index < -0.39 is 0 Å². The molecular formula is C32H28O4S. The van der Waals surface area contributed by atoms with Gasteiger partial charge in [0.2, 0.25) is 0 Å². The number of aldehydes is 1. The molecule has 5 heteroatoms. The first-order chi connectivity index (χ1) is 18.1. The van der Waals surface area contributed by atoms with Crippen LogP contribution in [0.3, 0.4) is 0 Å². The molecule has 0 atom stereocenters. The number of carbonyl (C=O) groups excluding carboxylic acids is 2. The van der Waals surface area contributed by atoms with Crippen molar-refractivity contribution >= 4 is 24.0 Å². The van der Waals surface area contributed by atoms with Crippen LogP contribution < -0.4 is 4.74 Å². The third-order valence-corrected chi connectivity index (χ3v) is 8.17. The number of aryl methyl sites for hydroxylation is 2. The van der Waals surface area contributed by atoms with Crippen molar-refractivity contribution in [2.24, 2.45) is 0 Å². The molecule has 0 aliphatic heterocycles. The number of methoxy groups -OCH3 is 1. The zero-order chi connectivity index (χ0) is 25.8. The zero-order valence-electron chi connectivity index (χ0n) is 20.9. The molecule has 0 heterocycles. The summed E-state index contributed by atoms with van der Waals surface area (Å²) < 4.78 is 11.3. The Morgan fingerprint density at radius 1 is 0.919 bits per heavy atom. The predicted molar refractivity (Wildman–Crippen MR) is 147 cm³/mol. The highest BCUT2D eigenvalue weighted by molar-refractivity contribution is 7.99. The summed E-state index contributed by atoms with van der Waals surface area (Å²) in [4.78, 5) is 26.4. The fourth-order valence-corrected chi connectivity index (χ4v) is 6.08. The van der Waals surface area contributed by atoms with E-state index in [0.29, 0.717) is 18.6 Å². The molecule has 0 N–H and O–H groups in total. The molecule has 0 saturated heterocycles. The minimum absolute atomic E-state index is 0.0429. The van der Waals surface area contributed by atoms with Crippen LogP contribution in [-0.2, 0) is 16.0 Å². The highest BCUT2D eigenvalue weighted by Crippen LogP contribution is 2.44. The molecule has 37 heavy (non-hydrogen) atoms. The molecule has 0 amide bonds. The van der Waals surface area contributed by atoms with E-state index in [2.05, 4.69) is 24.3 Å². The molecule has 4 aromatic carbocycles. The molecule has 186 valence electrons. The van der Waals surface area contributed by atoms with Gasteiger partial charge in [-0.15, -0.1) is 0 Å². The first-order valence-corrected chi connectivity index (χ1v) is 13.1. The topological polar surface area (TPSA) is 52.6 Å². The summed E-state index contributed by atoms with van der Waals surface area (Å²) >= 11 is 1.54. The lowest BCUT2D eigenvalue weighted by Crippen LogP contribution is -2.13. The van der Waals surface area contributed by atoms with E-state index in [9.17, 15) is 9.59 Å². The van der Waals surface area contributed by atoms with Crippen molar-refractivity contribution < 1.29 is 19.1 Å². The normalized spacial score (nSPS) is 12.1. The Morgan fingerprint density at radius 3 is 2.24 bits per heavy atom. The number of rotatable bonds is 9. The van der Waals surface area contributed by atoms with Crippen LogP contribution in [-0.4, -0.2) is 26.0 Å². The third-order valence-electron chi connectivity index (χ3n) is 6.79. The smallest absolute Gasteiger partial charge is 0.306 e. The standard InChI is InChI=1S/C32H28O4S/c1-21-17-24(35-2)18-22(32(21)37-30-14-8-3-9-23(30)19-33)15-16-31(34)36-20-29-27-12-6-4-10-25(27)26-11-5-7-13-28(26)29/h3-14,17-19,29H,15-16,20H2,1-2H3. The summed E-state index contributed by atoms with van der Waals surface area (Å²) in [5.41, 5.74) is 7.50. The number of benzene rings is 4. The van der Waals surface area contributed by atoms with Crippen LogP contribution >= 0.6 is 11.8 Å². The van der Waals surface area contributed by atoms with Crippen LogP contribution in [0.5, 0.6) is 5.75 Å². The van der Waals surface area contributed by atoms with Gasteiger partial charge in [0.15, 0.2) is 6.29 Å². The monoisotopic (exact) mass is 508 g/mol. The summed E-state index contributed by atoms with van der Waals surface area (Å²) in [6.45, 7) is 2.34. The highest BCUT2D eigenvalue weighted by Gasteiger charge is 2.29. The summed E-state index contributed by atoms with van der Waals surface area (Å²) in [6.07, 6.45) is 1.64. The minimum Gasteiger partial charge on any atom is -0.497 e. The second kappa shape index (κ2) is 11.1. The van der Waals surface area contributed by atoms with Crippen molar-refractivity contribution in [3.63, 3.8) is 0 Å². The molecule has 1 aliphatic rings. The Morgan fingerprint density at radius 2 is 1.57 bits per heavy atom. The van der Waals surface area contributed by atoms with Gasteiger partial charge < -0.3 is 9.47 Å². The van der Waals surface area contributed by atoms with Gasteiger partial charge >= 0.3 is 5.97 Å². The van der Waals surface area contributed by atoms with Gasteiger partial charge in [0, 0.05) is 27.7 Å². The first-order valence-electron chi connectivity index (χ1n) is 12.3. The van der Waals surface area contributed by atoms with Crippen molar-refractivity contribution in [3.05, 3.63) is 113 Å². The lowest BCUT2D eigenvalue weighted by molar-refractivity contribution is -0.143. The average molecular weight is 509 g/mol. The number of hydrogen-bond acceptors (Lipinski definition) is 5. The van der Waals surface area contributed by atoms with Gasteiger partial charge in [0.05, 0.1) is 7.11 Å². The van der Waals surface area contributed by atoms with E-state index in [0.717, 1.165) is 33.0 Å². The molecule has 0 aromatic heterocycles. The second-order valence-corrected chi connectivity index (χ2v) is 10.2. The first kappa shape index (κ1) is 24.8. The molecule has 0 saturated carbocycles. The number of fused-ring (bicyclic) bond motifs is 3. The van der Waals surface area contributed by atoms with Gasteiger partial charge in [0.1, 0.15) is 12.4 Å². The molecule has 4 nitrogen and oxygen atoms in total. The predicted octanol–water partition coefficient (Wildman–Crippen LogP) is 7.26. The number of ether oxygens (including phenoxy) is 2. The van der Waals surface area contributed by atoms with Crippen molar-refractivity contribution in [2.75, 3.05) is 13.7 Å². The number of esters is 1. The third kappa shape index (κ3) is 5.18. The molecule has 4 aromatic rings. The van der Waals surface area contributed by atoms with Crippen molar-refractivity contribution in [3.8, 4) is 16.9 Å².